The maximum absolute atomic E-state index is 12.7. The van der Waals surface area contributed by atoms with Gasteiger partial charge in [-0.05, 0) is 28.7 Å². The number of nitrogens with zero attached hydrogens (tertiary/aromatic N) is 1. The van der Waals surface area contributed by atoms with Crippen LogP contribution < -0.4 is 4.74 Å². The third-order valence-electron chi connectivity index (χ3n) is 1.01. The molecular weight excluding hydrogens is 286 g/mol. The van der Waals surface area contributed by atoms with Crippen molar-refractivity contribution in [3.63, 3.8) is 0 Å². The van der Waals surface area contributed by atoms with Crippen LogP contribution >= 0.6 is 22.6 Å². The Kier molecular flexibility index (Phi) is 3.12. The molecule has 1 aromatic rings. The Hall–Kier alpha value is -0.530. The van der Waals surface area contributed by atoms with Gasteiger partial charge in [-0.1, -0.05) is 0 Å². The van der Waals surface area contributed by atoms with Gasteiger partial charge in [0, 0.05) is 6.20 Å². The van der Waals surface area contributed by atoms with Crippen molar-refractivity contribution < 1.29 is 17.9 Å². The van der Waals surface area contributed by atoms with E-state index < -0.39 is 12.4 Å². The van der Waals surface area contributed by atoms with Gasteiger partial charge in [-0.2, -0.15) is 8.78 Å². The van der Waals surface area contributed by atoms with E-state index in [-0.39, 0.29) is 9.45 Å². The number of pyridine rings is 1. The highest BCUT2D eigenvalue weighted by Gasteiger charge is 2.11. The fraction of sp³-hybridized carbons (Fsp3) is 0.167. The van der Waals surface area contributed by atoms with Gasteiger partial charge in [-0.15, -0.1) is 0 Å². The summed E-state index contributed by atoms with van der Waals surface area (Å²) in [6, 6.07) is 1.07. The average molecular weight is 289 g/mol. The zero-order valence-corrected chi connectivity index (χ0v) is 7.76. The molecule has 0 N–H and O–H groups in total. The molecule has 0 spiro atoms. The van der Waals surface area contributed by atoms with Crippen LogP contribution in [-0.4, -0.2) is 11.6 Å². The number of rotatable bonds is 2. The fourth-order valence-corrected chi connectivity index (χ4v) is 1.02. The van der Waals surface area contributed by atoms with Gasteiger partial charge in [0.15, 0.2) is 0 Å². The maximum atomic E-state index is 12.7. The Morgan fingerprint density at radius 2 is 2.17 bits per heavy atom. The zero-order valence-electron chi connectivity index (χ0n) is 5.60. The quantitative estimate of drug-likeness (QED) is 0.780. The van der Waals surface area contributed by atoms with E-state index in [2.05, 4.69) is 9.72 Å². The van der Waals surface area contributed by atoms with Gasteiger partial charge in [0.25, 0.3) is 0 Å². The molecule has 0 aliphatic heterocycles. The number of hydrogen-bond donors (Lipinski definition) is 0. The second kappa shape index (κ2) is 3.92. The van der Waals surface area contributed by atoms with E-state index in [1.54, 1.807) is 22.6 Å². The highest BCUT2D eigenvalue weighted by Crippen LogP contribution is 2.21. The normalized spacial score (nSPS) is 10.4. The predicted molar refractivity (Wildman–Crippen MR) is 43.5 cm³/mol. The van der Waals surface area contributed by atoms with Crippen LogP contribution in [0, 0.1) is 9.39 Å². The van der Waals surface area contributed by atoms with Crippen LogP contribution in [0.4, 0.5) is 13.2 Å². The van der Waals surface area contributed by atoms with Crippen molar-refractivity contribution in [2.75, 3.05) is 0 Å². The second-order valence-electron chi connectivity index (χ2n) is 1.79. The van der Waals surface area contributed by atoms with Gasteiger partial charge in [0.1, 0.15) is 9.39 Å². The van der Waals surface area contributed by atoms with Gasteiger partial charge >= 0.3 is 6.61 Å². The van der Waals surface area contributed by atoms with Crippen LogP contribution in [0.5, 0.6) is 5.88 Å². The van der Waals surface area contributed by atoms with E-state index in [1.165, 1.54) is 0 Å². The Morgan fingerprint density at radius 3 is 2.75 bits per heavy atom. The lowest BCUT2D eigenvalue weighted by Gasteiger charge is -2.04. The van der Waals surface area contributed by atoms with Crippen molar-refractivity contribution in [2.45, 2.75) is 6.61 Å². The monoisotopic (exact) mass is 289 g/mol. The summed E-state index contributed by atoms with van der Waals surface area (Å²) >= 11 is 1.54. The molecule has 1 rings (SSSR count). The minimum Gasteiger partial charge on any atom is -0.416 e. The van der Waals surface area contributed by atoms with Crippen LogP contribution in [0.1, 0.15) is 0 Å². The van der Waals surface area contributed by atoms with Crippen molar-refractivity contribution in [3.05, 3.63) is 21.7 Å². The van der Waals surface area contributed by atoms with Gasteiger partial charge in [0.05, 0.1) is 0 Å². The van der Waals surface area contributed by atoms with E-state index in [1.807, 2.05) is 0 Å². The van der Waals surface area contributed by atoms with Crippen molar-refractivity contribution in [2.24, 2.45) is 0 Å². The maximum Gasteiger partial charge on any atom is 0.388 e. The van der Waals surface area contributed by atoms with E-state index >= 15 is 0 Å². The summed E-state index contributed by atoms with van der Waals surface area (Å²) in [6.07, 6.45) is 1.06. The summed E-state index contributed by atoms with van der Waals surface area (Å²) < 4.78 is 39.8. The molecule has 0 aliphatic rings. The zero-order chi connectivity index (χ0) is 9.14. The lowest BCUT2D eigenvalue weighted by atomic mass is 10.5. The van der Waals surface area contributed by atoms with Gasteiger partial charge in [-0.25, -0.2) is 9.37 Å². The Bertz CT molecular complexity index is 281. The molecular formula is C6H3F3INO. The topological polar surface area (TPSA) is 22.1 Å². The first-order chi connectivity index (χ1) is 5.61. The van der Waals surface area contributed by atoms with Crippen LogP contribution in [0.3, 0.4) is 0 Å². The molecule has 0 atom stereocenters. The molecule has 0 aromatic carbocycles. The third kappa shape index (κ3) is 2.23. The number of ether oxygens (including phenoxy) is 1. The van der Waals surface area contributed by atoms with Crippen molar-refractivity contribution in [1.82, 2.24) is 4.98 Å². The molecule has 0 bridgehead atoms. The molecule has 0 unspecified atom stereocenters. The van der Waals surface area contributed by atoms with Crippen LogP contribution in [0.2, 0.25) is 0 Å². The van der Waals surface area contributed by atoms with E-state index in [9.17, 15) is 13.2 Å². The molecule has 66 valence electrons. The first-order valence-corrected chi connectivity index (χ1v) is 3.94. The molecule has 1 heterocycles. The smallest absolute Gasteiger partial charge is 0.388 e. The molecule has 6 heteroatoms. The minimum absolute atomic E-state index is 0.0459. The number of alkyl halides is 2. The summed E-state index contributed by atoms with van der Waals surface area (Å²) in [7, 11) is 0. The molecule has 0 saturated carbocycles. The number of aromatic nitrogens is 1. The van der Waals surface area contributed by atoms with Crippen molar-refractivity contribution >= 4 is 22.6 Å². The SMILES string of the molecule is Fc1ccnc(OC(F)F)c1I. The molecule has 2 nitrogen and oxygen atoms in total. The van der Waals surface area contributed by atoms with Crippen molar-refractivity contribution in [3.8, 4) is 5.88 Å². The molecule has 0 aliphatic carbocycles. The van der Waals surface area contributed by atoms with E-state index in [4.69, 9.17) is 0 Å². The third-order valence-corrected chi connectivity index (χ3v) is 1.99. The molecule has 1 aromatic heterocycles. The largest absolute Gasteiger partial charge is 0.416 e. The van der Waals surface area contributed by atoms with Crippen LogP contribution in [0.25, 0.3) is 0 Å². The molecule has 0 saturated heterocycles. The van der Waals surface area contributed by atoms with Gasteiger partial charge < -0.3 is 4.74 Å². The summed E-state index contributed by atoms with van der Waals surface area (Å²) in [5.41, 5.74) is 0. The summed E-state index contributed by atoms with van der Waals surface area (Å²) in [6.45, 7) is -2.98. The van der Waals surface area contributed by atoms with Gasteiger partial charge in [0.2, 0.25) is 5.88 Å². The minimum atomic E-state index is -2.98. The van der Waals surface area contributed by atoms with Crippen LogP contribution in [0.15, 0.2) is 12.3 Å². The second-order valence-corrected chi connectivity index (χ2v) is 2.87. The summed E-state index contributed by atoms with van der Waals surface area (Å²) in [4.78, 5) is 3.43. The first-order valence-electron chi connectivity index (χ1n) is 2.86. The highest BCUT2D eigenvalue weighted by atomic mass is 127. The Labute approximate surface area is 79.9 Å². The Balaban J connectivity index is 2.92. The summed E-state index contributed by atoms with van der Waals surface area (Å²) in [5, 5.41) is 0. The lowest BCUT2D eigenvalue weighted by Crippen LogP contribution is -2.05. The molecule has 0 fully saturated rings. The van der Waals surface area contributed by atoms with Crippen LogP contribution in [-0.2, 0) is 0 Å². The molecule has 12 heavy (non-hydrogen) atoms. The average Bonchev–Trinajstić information content (AvgIpc) is 1.98. The predicted octanol–water partition coefficient (Wildman–Crippen LogP) is 2.43. The standard InChI is InChI=1S/C6H3F3INO/c7-3-1-2-11-5(4(3)10)12-6(8)9/h1-2,6H. The molecule has 0 radical (unpaired) electrons. The first kappa shape index (κ1) is 9.56. The Morgan fingerprint density at radius 1 is 1.50 bits per heavy atom. The van der Waals surface area contributed by atoms with E-state index in [0.29, 0.717) is 0 Å². The van der Waals surface area contributed by atoms with E-state index in [0.717, 1.165) is 12.3 Å². The van der Waals surface area contributed by atoms with Gasteiger partial charge in [-0.3, -0.25) is 0 Å². The highest BCUT2D eigenvalue weighted by molar-refractivity contribution is 14.1. The fourth-order valence-electron chi connectivity index (χ4n) is 0.569. The summed E-state index contributed by atoms with van der Waals surface area (Å²) in [5.74, 6) is -1.01. The molecule has 0 amide bonds. The van der Waals surface area contributed by atoms with Crippen molar-refractivity contribution in [1.29, 1.82) is 0 Å². The number of hydrogen-bond acceptors (Lipinski definition) is 2. The lowest BCUT2D eigenvalue weighted by molar-refractivity contribution is -0.0536. The number of halogens is 4.